The summed E-state index contributed by atoms with van der Waals surface area (Å²) in [6.45, 7) is 2.50. The van der Waals surface area contributed by atoms with Crippen LogP contribution in [0.5, 0.6) is 0 Å². The van der Waals surface area contributed by atoms with Crippen molar-refractivity contribution < 1.29 is 9.21 Å². The molecule has 0 unspecified atom stereocenters. The molecule has 4 aromatic rings. The molecule has 132 valence electrons. The van der Waals surface area contributed by atoms with Gasteiger partial charge in [-0.1, -0.05) is 46.8 Å². The lowest BCUT2D eigenvalue weighted by molar-refractivity contribution is -0.116. The molecule has 0 saturated heterocycles. The van der Waals surface area contributed by atoms with Crippen molar-refractivity contribution in [1.29, 1.82) is 0 Å². The third-order valence-corrected chi connectivity index (χ3v) is 5.89. The van der Waals surface area contributed by atoms with E-state index in [2.05, 4.69) is 9.97 Å². The molecule has 0 radical (unpaired) electrons. The molecule has 0 saturated carbocycles. The number of fused-ring (bicyclic) bond motifs is 2. The van der Waals surface area contributed by atoms with E-state index in [9.17, 15) is 4.79 Å². The molecule has 1 amide bonds. The van der Waals surface area contributed by atoms with Gasteiger partial charge in [0.25, 0.3) is 5.22 Å². The monoisotopic (exact) mass is 403 g/mol. The van der Waals surface area contributed by atoms with Crippen molar-refractivity contribution in [2.75, 3.05) is 17.2 Å². The molecule has 4 rings (SSSR count). The fraction of sp³-hybridized carbons (Fsp3) is 0.167. The molecule has 26 heavy (non-hydrogen) atoms. The molecule has 5 nitrogen and oxygen atoms in total. The standard InChI is InChI=1S/C18H14ClN3O2S2/c1-2-22(17-20-12-5-3-4-6-15(12)26-17)16(23)10-25-18-21-13-9-11(19)7-8-14(13)24-18/h3-9H,2,10H2,1H3. The summed E-state index contributed by atoms with van der Waals surface area (Å²) in [4.78, 5) is 23.3. The smallest absolute Gasteiger partial charge is 0.257 e. The SMILES string of the molecule is CCN(C(=O)CSc1nc2cc(Cl)ccc2o1)c1nc2ccccc2s1. The molecule has 0 aliphatic rings. The second-order valence-corrected chi connectivity index (χ2v) is 7.85. The zero-order valence-corrected chi connectivity index (χ0v) is 16.2. The second-order valence-electron chi connectivity index (χ2n) is 5.48. The highest BCUT2D eigenvalue weighted by Gasteiger charge is 2.19. The van der Waals surface area contributed by atoms with E-state index < -0.39 is 0 Å². The molecule has 0 atom stereocenters. The molecular weight excluding hydrogens is 390 g/mol. The largest absolute Gasteiger partial charge is 0.431 e. The predicted octanol–water partition coefficient (Wildman–Crippen LogP) is 5.24. The molecule has 2 heterocycles. The Morgan fingerprint density at radius 2 is 2.08 bits per heavy atom. The maximum absolute atomic E-state index is 12.7. The van der Waals surface area contributed by atoms with Crippen molar-refractivity contribution >= 4 is 67.1 Å². The highest BCUT2D eigenvalue weighted by molar-refractivity contribution is 7.99. The maximum atomic E-state index is 12.7. The van der Waals surface area contributed by atoms with Crippen LogP contribution in [0.15, 0.2) is 52.1 Å². The van der Waals surface area contributed by atoms with Gasteiger partial charge < -0.3 is 4.42 Å². The van der Waals surface area contributed by atoms with Gasteiger partial charge in [-0.2, -0.15) is 0 Å². The summed E-state index contributed by atoms with van der Waals surface area (Å²) < 4.78 is 6.72. The van der Waals surface area contributed by atoms with Crippen LogP contribution in [-0.2, 0) is 4.79 Å². The third-order valence-electron chi connectivity index (χ3n) is 3.78. The number of nitrogens with zero attached hydrogens (tertiary/aromatic N) is 3. The number of amides is 1. The minimum Gasteiger partial charge on any atom is -0.431 e. The Balaban J connectivity index is 1.49. The molecule has 0 aliphatic heterocycles. The summed E-state index contributed by atoms with van der Waals surface area (Å²) >= 11 is 8.75. The van der Waals surface area contributed by atoms with Crippen LogP contribution in [0.3, 0.4) is 0 Å². The highest BCUT2D eigenvalue weighted by atomic mass is 35.5. The van der Waals surface area contributed by atoms with Gasteiger partial charge in [0.05, 0.1) is 16.0 Å². The molecule has 0 N–H and O–H groups in total. The van der Waals surface area contributed by atoms with Crippen molar-refractivity contribution in [3.05, 3.63) is 47.5 Å². The van der Waals surface area contributed by atoms with E-state index in [1.54, 1.807) is 23.1 Å². The Bertz CT molecular complexity index is 1060. The van der Waals surface area contributed by atoms with Crippen molar-refractivity contribution in [2.45, 2.75) is 12.1 Å². The van der Waals surface area contributed by atoms with E-state index in [4.69, 9.17) is 16.0 Å². The second kappa shape index (κ2) is 7.26. The number of thioether (sulfide) groups is 1. The van der Waals surface area contributed by atoms with Crippen molar-refractivity contribution in [3.8, 4) is 0 Å². The summed E-state index contributed by atoms with van der Waals surface area (Å²) in [6.07, 6.45) is 0. The van der Waals surface area contributed by atoms with Crippen molar-refractivity contribution in [1.82, 2.24) is 9.97 Å². The van der Waals surface area contributed by atoms with E-state index in [0.29, 0.717) is 33.0 Å². The number of anilines is 1. The average Bonchev–Trinajstić information content (AvgIpc) is 3.23. The Labute approximate surface area is 163 Å². The number of aromatic nitrogens is 2. The van der Waals surface area contributed by atoms with Crippen LogP contribution >= 0.6 is 34.7 Å². The summed E-state index contributed by atoms with van der Waals surface area (Å²) in [5.41, 5.74) is 2.25. The van der Waals surface area contributed by atoms with Crippen LogP contribution in [0.2, 0.25) is 5.02 Å². The minimum absolute atomic E-state index is 0.0307. The van der Waals surface area contributed by atoms with Gasteiger partial charge >= 0.3 is 0 Å². The number of rotatable bonds is 5. The Morgan fingerprint density at radius 3 is 2.88 bits per heavy atom. The normalized spacial score (nSPS) is 11.3. The first-order valence-corrected chi connectivity index (χ1v) is 10.2. The van der Waals surface area contributed by atoms with Crippen molar-refractivity contribution in [2.24, 2.45) is 0 Å². The number of hydrogen-bond acceptors (Lipinski definition) is 6. The first-order valence-electron chi connectivity index (χ1n) is 7.99. The van der Waals surface area contributed by atoms with Gasteiger partial charge in [-0.05, 0) is 37.3 Å². The Morgan fingerprint density at radius 1 is 1.23 bits per heavy atom. The number of halogens is 1. The lowest BCUT2D eigenvalue weighted by atomic mass is 10.3. The van der Waals surface area contributed by atoms with Gasteiger partial charge in [-0.15, -0.1) is 0 Å². The number of carbonyl (C=O) groups excluding carboxylic acids is 1. The van der Waals surface area contributed by atoms with Crippen LogP contribution < -0.4 is 4.90 Å². The fourth-order valence-corrected chi connectivity index (χ4v) is 4.46. The number of para-hydroxylation sites is 1. The Hall–Kier alpha value is -2.09. The summed E-state index contributed by atoms with van der Waals surface area (Å²) in [5.74, 6) is 0.196. The molecule has 0 aliphatic carbocycles. The molecule has 0 bridgehead atoms. The molecule has 2 aromatic carbocycles. The third kappa shape index (κ3) is 3.42. The van der Waals surface area contributed by atoms with Crippen LogP contribution in [-0.4, -0.2) is 28.2 Å². The number of benzene rings is 2. The van der Waals surface area contributed by atoms with Gasteiger partial charge in [-0.25, -0.2) is 9.97 Å². The summed E-state index contributed by atoms with van der Waals surface area (Å²) in [7, 11) is 0. The number of carbonyl (C=O) groups is 1. The first-order chi connectivity index (χ1) is 12.6. The van der Waals surface area contributed by atoms with E-state index in [1.807, 2.05) is 31.2 Å². The summed E-state index contributed by atoms with van der Waals surface area (Å²) in [6, 6.07) is 13.1. The van der Waals surface area contributed by atoms with Gasteiger partial charge in [0, 0.05) is 11.6 Å². The lowest BCUT2D eigenvalue weighted by Gasteiger charge is -2.16. The molecule has 0 spiro atoms. The van der Waals surface area contributed by atoms with Crippen LogP contribution in [0.4, 0.5) is 5.13 Å². The summed E-state index contributed by atoms with van der Waals surface area (Å²) in [5, 5.41) is 1.77. The molecular formula is C18H14ClN3O2S2. The van der Waals surface area contributed by atoms with Crippen LogP contribution in [0, 0.1) is 0 Å². The quantitative estimate of drug-likeness (QED) is 0.426. The molecule has 0 fully saturated rings. The van der Waals surface area contributed by atoms with E-state index in [1.165, 1.54) is 23.1 Å². The van der Waals surface area contributed by atoms with Gasteiger partial charge in [0.1, 0.15) is 5.52 Å². The van der Waals surface area contributed by atoms with Gasteiger partial charge in [-0.3, -0.25) is 9.69 Å². The van der Waals surface area contributed by atoms with Crippen LogP contribution in [0.25, 0.3) is 21.3 Å². The predicted molar refractivity (Wildman–Crippen MR) is 107 cm³/mol. The van der Waals surface area contributed by atoms with Gasteiger partial charge in [0.2, 0.25) is 5.91 Å². The van der Waals surface area contributed by atoms with E-state index in [0.717, 1.165) is 10.2 Å². The maximum Gasteiger partial charge on any atom is 0.257 e. The topological polar surface area (TPSA) is 59.2 Å². The minimum atomic E-state index is -0.0307. The number of hydrogen-bond donors (Lipinski definition) is 0. The number of thiazole rings is 1. The van der Waals surface area contributed by atoms with E-state index >= 15 is 0 Å². The molecule has 8 heteroatoms. The molecule has 2 aromatic heterocycles. The lowest BCUT2D eigenvalue weighted by Crippen LogP contribution is -2.32. The highest BCUT2D eigenvalue weighted by Crippen LogP contribution is 2.30. The fourth-order valence-electron chi connectivity index (χ4n) is 2.54. The zero-order valence-electron chi connectivity index (χ0n) is 13.8. The Kier molecular flexibility index (Phi) is 4.84. The zero-order chi connectivity index (χ0) is 18.1. The first kappa shape index (κ1) is 17.3. The van der Waals surface area contributed by atoms with Crippen LogP contribution in [0.1, 0.15) is 6.92 Å². The van der Waals surface area contributed by atoms with Gasteiger partial charge in [0.15, 0.2) is 10.7 Å². The van der Waals surface area contributed by atoms with Crippen molar-refractivity contribution in [3.63, 3.8) is 0 Å². The number of oxazole rings is 1. The van der Waals surface area contributed by atoms with E-state index in [-0.39, 0.29) is 11.7 Å². The average molecular weight is 404 g/mol.